The number of hydrogen-bond donors (Lipinski definition) is 3. The highest BCUT2D eigenvalue weighted by molar-refractivity contribution is 5.95. The number of nitro groups is 1. The maximum absolute atomic E-state index is 11.2. The zero-order valence-electron chi connectivity index (χ0n) is 8.34. The molecule has 0 aliphatic rings. The smallest absolute Gasteiger partial charge is 0.296 e. The lowest BCUT2D eigenvalue weighted by Crippen LogP contribution is -2.17. The molecule has 0 atom stereocenters. The predicted octanol–water partition coefficient (Wildman–Crippen LogP) is 0.588. The highest BCUT2D eigenvalue weighted by atomic mass is 16.6. The number of benzene rings is 1. The molecule has 1 rings (SSSR count). The molecule has 16 heavy (non-hydrogen) atoms. The van der Waals surface area contributed by atoms with Crippen LogP contribution in [0.5, 0.6) is 5.75 Å². The van der Waals surface area contributed by atoms with Gasteiger partial charge in [0.15, 0.2) is 5.69 Å². The van der Waals surface area contributed by atoms with Gasteiger partial charge in [-0.3, -0.25) is 14.9 Å². The molecule has 0 heterocycles. The van der Waals surface area contributed by atoms with E-state index < -0.39 is 10.8 Å². The van der Waals surface area contributed by atoms with E-state index in [-0.39, 0.29) is 30.1 Å². The fraction of sp³-hybridized carbons (Fsp3) is 0.222. The Morgan fingerprint density at radius 3 is 2.81 bits per heavy atom. The molecule has 0 unspecified atom stereocenters. The van der Waals surface area contributed by atoms with E-state index in [1.165, 1.54) is 18.2 Å². The summed E-state index contributed by atoms with van der Waals surface area (Å²) in [7, 11) is 0. The number of hydrogen-bond acceptors (Lipinski definition) is 5. The fourth-order valence-electron chi connectivity index (χ4n) is 1.14. The molecule has 0 saturated carbocycles. The molecule has 7 nitrogen and oxygen atoms in total. The molecule has 0 aliphatic carbocycles. The second-order valence-electron chi connectivity index (χ2n) is 3.02. The summed E-state index contributed by atoms with van der Waals surface area (Å²) < 4.78 is 0. The summed E-state index contributed by atoms with van der Waals surface area (Å²) in [6.45, 7) is 0.132. The molecule has 0 fully saturated rings. The lowest BCUT2D eigenvalue weighted by atomic mass is 10.2. The Bertz CT molecular complexity index is 419. The number of carbonyl (C=O) groups is 1. The number of phenolic OH excluding ortho intramolecular Hbond substituents is 1. The van der Waals surface area contributed by atoms with Gasteiger partial charge in [-0.05, 0) is 6.07 Å². The van der Waals surface area contributed by atoms with Gasteiger partial charge in [0.2, 0.25) is 5.91 Å². The van der Waals surface area contributed by atoms with E-state index in [1.54, 1.807) is 0 Å². The second-order valence-corrected chi connectivity index (χ2v) is 3.02. The van der Waals surface area contributed by atoms with Gasteiger partial charge in [-0.1, -0.05) is 6.07 Å². The van der Waals surface area contributed by atoms with Gasteiger partial charge >= 0.3 is 0 Å². The van der Waals surface area contributed by atoms with Crippen LogP contribution in [0, 0.1) is 10.1 Å². The Morgan fingerprint density at radius 1 is 1.56 bits per heavy atom. The minimum Gasteiger partial charge on any atom is -0.505 e. The molecule has 86 valence electrons. The van der Waals surface area contributed by atoms with Gasteiger partial charge in [-0.15, -0.1) is 0 Å². The molecule has 1 aromatic carbocycles. The summed E-state index contributed by atoms with van der Waals surface area (Å²) in [5.74, 6) is -0.827. The van der Waals surface area contributed by atoms with Crippen LogP contribution in [0.15, 0.2) is 18.2 Å². The number of anilines is 1. The van der Waals surface area contributed by atoms with Crippen molar-refractivity contribution in [2.24, 2.45) is 5.73 Å². The van der Waals surface area contributed by atoms with Crippen molar-refractivity contribution in [3.63, 3.8) is 0 Å². The molecule has 1 amide bonds. The number of phenols is 1. The van der Waals surface area contributed by atoms with Crippen LogP contribution >= 0.6 is 0 Å². The normalized spacial score (nSPS) is 9.81. The topological polar surface area (TPSA) is 118 Å². The lowest BCUT2D eigenvalue weighted by Gasteiger charge is -2.06. The van der Waals surface area contributed by atoms with Crippen molar-refractivity contribution in [2.45, 2.75) is 6.42 Å². The van der Waals surface area contributed by atoms with Crippen LogP contribution in [-0.4, -0.2) is 22.5 Å². The Balaban J connectivity index is 3.01. The van der Waals surface area contributed by atoms with E-state index in [0.29, 0.717) is 0 Å². The number of nitrogens with one attached hydrogen (secondary N) is 1. The van der Waals surface area contributed by atoms with E-state index >= 15 is 0 Å². The van der Waals surface area contributed by atoms with E-state index in [0.717, 1.165) is 0 Å². The Hall–Kier alpha value is -2.15. The van der Waals surface area contributed by atoms with Crippen molar-refractivity contribution >= 4 is 17.3 Å². The number of nitrogens with zero attached hydrogens (tertiary/aromatic N) is 1. The van der Waals surface area contributed by atoms with Gasteiger partial charge in [0.1, 0.15) is 5.75 Å². The number of aromatic hydroxyl groups is 1. The monoisotopic (exact) mass is 225 g/mol. The number of nitrogens with two attached hydrogens (primary N) is 1. The molecule has 0 aromatic heterocycles. The number of rotatable bonds is 4. The molecule has 0 aliphatic heterocycles. The lowest BCUT2D eigenvalue weighted by molar-refractivity contribution is -0.384. The third-order valence-electron chi connectivity index (χ3n) is 1.85. The highest BCUT2D eigenvalue weighted by Crippen LogP contribution is 2.32. The van der Waals surface area contributed by atoms with Gasteiger partial charge in [0, 0.05) is 19.0 Å². The van der Waals surface area contributed by atoms with Gasteiger partial charge < -0.3 is 16.2 Å². The van der Waals surface area contributed by atoms with Crippen LogP contribution in [0.3, 0.4) is 0 Å². The number of nitro benzene ring substituents is 1. The van der Waals surface area contributed by atoms with Crippen LogP contribution in [0.25, 0.3) is 0 Å². The van der Waals surface area contributed by atoms with Gasteiger partial charge in [0.05, 0.1) is 4.92 Å². The van der Waals surface area contributed by atoms with Crippen molar-refractivity contribution in [1.29, 1.82) is 0 Å². The molecule has 7 heteroatoms. The molecule has 0 spiro atoms. The van der Waals surface area contributed by atoms with Crippen LogP contribution in [0.1, 0.15) is 6.42 Å². The standard InChI is InChI=1S/C9H11N3O4/c10-5-4-8(14)11-9-6(12(15)16)2-1-3-7(9)13/h1-3,13H,4-5,10H2,(H,11,14). The average molecular weight is 225 g/mol. The molecule has 0 saturated heterocycles. The van der Waals surface area contributed by atoms with Gasteiger partial charge in [0.25, 0.3) is 5.69 Å². The summed E-state index contributed by atoms with van der Waals surface area (Å²) in [5.41, 5.74) is 4.60. The van der Waals surface area contributed by atoms with Gasteiger partial charge in [-0.25, -0.2) is 0 Å². The maximum Gasteiger partial charge on any atom is 0.296 e. The summed E-state index contributed by atoms with van der Waals surface area (Å²) in [4.78, 5) is 21.2. The highest BCUT2D eigenvalue weighted by Gasteiger charge is 2.18. The Labute approximate surface area is 91.0 Å². The molecule has 0 radical (unpaired) electrons. The van der Waals surface area contributed by atoms with Crippen molar-refractivity contribution in [2.75, 3.05) is 11.9 Å². The number of para-hydroxylation sites is 1. The van der Waals surface area contributed by atoms with Crippen molar-refractivity contribution in [3.8, 4) is 5.75 Å². The zero-order chi connectivity index (χ0) is 12.1. The van der Waals surface area contributed by atoms with E-state index in [2.05, 4.69) is 5.32 Å². The second kappa shape index (κ2) is 5.08. The first-order valence-electron chi connectivity index (χ1n) is 4.52. The number of amides is 1. The molecule has 4 N–H and O–H groups in total. The Morgan fingerprint density at radius 2 is 2.25 bits per heavy atom. The van der Waals surface area contributed by atoms with Crippen LogP contribution in [0.2, 0.25) is 0 Å². The average Bonchev–Trinajstić information content (AvgIpc) is 2.21. The largest absolute Gasteiger partial charge is 0.505 e. The SMILES string of the molecule is NCCC(=O)Nc1c(O)cccc1[N+](=O)[O-]. The fourth-order valence-corrected chi connectivity index (χ4v) is 1.14. The number of carbonyl (C=O) groups excluding carboxylic acids is 1. The first kappa shape index (κ1) is 11.9. The summed E-state index contributed by atoms with van der Waals surface area (Å²) >= 11 is 0. The molecule has 0 bridgehead atoms. The zero-order valence-corrected chi connectivity index (χ0v) is 8.34. The molecular formula is C9H11N3O4. The summed E-state index contributed by atoms with van der Waals surface area (Å²) in [5, 5.41) is 22.3. The maximum atomic E-state index is 11.2. The van der Waals surface area contributed by atoms with Crippen molar-refractivity contribution in [3.05, 3.63) is 28.3 Å². The minimum absolute atomic E-state index is 0.0332. The minimum atomic E-state index is -0.683. The van der Waals surface area contributed by atoms with Crippen LogP contribution in [-0.2, 0) is 4.79 Å². The van der Waals surface area contributed by atoms with Crippen molar-refractivity contribution in [1.82, 2.24) is 0 Å². The predicted molar refractivity (Wildman–Crippen MR) is 57.1 cm³/mol. The van der Waals surface area contributed by atoms with E-state index in [1.807, 2.05) is 0 Å². The van der Waals surface area contributed by atoms with Gasteiger partial charge in [-0.2, -0.15) is 0 Å². The Kier molecular flexibility index (Phi) is 3.78. The van der Waals surface area contributed by atoms with Crippen LogP contribution in [0.4, 0.5) is 11.4 Å². The van der Waals surface area contributed by atoms with E-state index in [9.17, 15) is 20.0 Å². The third kappa shape index (κ3) is 2.67. The first-order chi connectivity index (χ1) is 7.56. The molecular weight excluding hydrogens is 214 g/mol. The summed E-state index contributed by atoms with van der Waals surface area (Å²) in [6, 6.07) is 3.77. The third-order valence-corrected chi connectivity index (χ3v) is 1.85. The summed E-state index contributed by atoms with van der Waals surface area (Å²) in [6.07, 6.45) is 0.0332. The van der Waals surface area contributed by atoms with Crippen LogP contribution < -0.4 is 11.1 Å². The first-order valence-corrected chi connectivity index (χ1v) is 4.52. The van der Waals surface area contributed by atoms with E-state index in [4.69, 9.17) is 5.73 Å². The quantitative estimate of drug-likeness (QED) is 0.393. The van der Waals surface area contributed by atoms with Crippen molar-refractivity contribution < 1.29 is 14.8 Å². The molecule has 1 aromatic rings.